The first-order valence-electron chi connectivity index (χ1n) is 9.67. The molecule has 0 amide bonds. The lowest BCUT2D eigenvalue weighted by molar-refractivity contribution is -0.354. The van der Waals surface area contributed by atoms with Crippen molar-refractivity contribution in [3.8, 4) is 0 Å². The molecule has 0 aromatic heterocycles. The number of ketones is 1. The predicted octanol–water partition coefficient (Wildman–Crippen LogP) is 0.0992. The number of fused-ring (bicyclic) bond motifs is 5. The van der Waals surface area contributed by atoms with Crippen LogP contribution in [0.15, 0.2) is 11.3 Å². The number of carbonyl (C=O) groups is 1. The summed E-state index contributed by atoms with van der Waals surface area (Å²) in [5.74, 6) is -7.02. The number of hydrogen-bond acceptors (Lipinski definition) is 7. The Hall–Kier alpha value is -0.990. The zero-order valence-electron chi connectivity index (χ0n) is 16.3. The fraction of sp³-hybridized carbons (Fsp3) is 0.850. The van der Waals surface area contributed by atoms with E-state index < -0.39 is 46.6 Å². The summed E-state index contributed by atoms with van der Waals surface area (Å²) >= 11 is 0. The number of hydrogen-bond donors (Lipinski definition) is 6. The summed E-state index contributed by atoms with van der Waals surface area (Å²) < 4.78 is 0. The van der Waals surface area contributed by atoms with Gasteiger partial charge in [0.05, 0.1) is 12.0 Å². The molecule has 4 aliphatic rings. The van der Waals surface area contributed by atoms with Gasteiger partial charge < -0.3 is 30.6 Å². The second-order valence-corrected chi connectivity index (χ2v) is 10.2. The van der Waals surface area contributed by atoms with Gasteiger partial charge >= 0.3 is 0 Å². The van der Waals surface area contributed by atoms with Gasteiger partial charge in [-0.2, -0.15) is 0 Å². The summed E-state index contributed by atoms with van der Waals surface area (Å²) in [6, 6.07) is 0. The lowest BCUT2D eigenvalue weighted by atomic mass is 9.62. The van der Waals surface area contributed by atoms with Crippen LogP contribution in [0, 0.1) is 40.9 Å². The van der Waals surface area contributed by atoms with Crippen LogP contribution in [0.2, 0.25) is 0 Å². The van der Waals surface area contributed by atoms with Gasteiger partial charge in [0.1, 0.15) is 11.4 Å². The molecule has 4 aliphatic carbocycles. The molecule has 9 atom stereocenters. The fourth-order valence-corrected chi connectivity index (χ4v) is 6.91. The molecule has 1 unspecified atom stereocenters. The molecule has 152 valence electrons. The molecule has 27 heavy (non-hydrogen) atoms. The van der Waals surface area contributed by atoms with Gasteiger partial charge in [-0.15, -0.1) is 0 Å². The van der Waals surface area contributed by atoms with Crippen LogP contribution in [0.5, 0.6) is 0 Å². The SMILES string of the molecule is CC1=C(O)[C@H]2[C@@H]3[C@@H](C(O)[C@@](C)(O)C(O)(O)[C@]2(O)C1=O)[C@H]1[C@@H](C[C@H]3C)C1(C)C. The highest BCUT2D eigenvalue weighted by atomic mass is 16.6. The van der Waals surface area contributed by atoms with Crippen molar-refractivity contribution in [3.05, 3.63) is 11.3 Å². The van der Waals surface area contributed by atoms with Crippen LogP contribution in [0.3, 0.4) is 0 Å². The van der Waals surface area contributed by atoms with Crippen LogP contribution in [0.4, 0.5) is 0 Å². The smallest absolute Gasteiger partial charge is 0.233 e. The highest BCUT2D eigenvalue weighted by molar-refractivity contribution is 6.06. The first-order valence-corrected chi connectivity index (χ1v) is 9.67. The van der Waals surface area contributed by atoms with Crippen molar-refractivity contribution in [2.75, 3.05) is 0 Å². The Bertz CT molecular complexity index is 751. The third-order valence-electron chi connectivity index (χ3n) is 8.66. The standard InChI is InChI=1S/C20H30O7/c1-7-6-9-12(17(9,3)4)11-10(7)13-14(21)8(2)15(22)19(13,25)20(26,27)18(5,24)16(11)23/h7,9-13,16,21,23-27H,6H2,1-5H3/t7-,9-,10+,11-,12-,13-,16?,18-,19-/m1/s1. The third kappa shape index (κ3) is 1.83. The van der Waals surface area contributed by atoms with Gasteiger partial charge in [0.25, 0.3) is 0 Å². The van der Waals surface area contributed by atoms with E-state index in [1.54, 1.807) is 0 Å². The Morgan fingerprint density at radius 1 is 1.04 bits per heavy atom. The molecule has 0 spiro atoms. The first kappa shape index (κ1) is 19.3. The highest BCUT2D eigenvalue weighted by Gasteiger charge is 2.80. The van der Waals surface area contributed by atoms with Crippen molar-refractivity contribution >= 4 is 5.78 Å². The number of aliphatic hydroxyl groups excluding tert-OH is 2. The molecule has 7 nitrogen and oxygen atoms in total. The molecule has 3 fully saturated rings. The second kappa shape index (κ2) is 4.94. The van der Waals surface area contributed by atoms with Gasteiger partial charge in [-0.25, -0.2) is 0 Å². The molecule has 0 bridgehead atoms. The van der Waals surface area contributed by atoms with Crippen LogP contribution in [0.25, 0.3) is 0 Å². The molecule has 0 aromatic carbocycles. The Labute approximate surface area is 158 Å². The topological polar surface area (TPSA) is 138 Å². The lowest BCUT2D eigenvalue weighted by Gasteiger charge is -2.46. The maximum Gasteiger partial charge on any atom is 0.233 e. The Kier molecular flexibility index (Phi) is 3.54. The van der Waals surface area contributed by atoms with Gasteiger partial charge in [0, 0.05) is 5.57 Å². The highest BCUT2D eigenvalue weighted by Crippen LogP contribution is 2.73. The quantitative estimate of drug-likeness (QED) is 0.327. The number of carbonyl (C=O) groups excluding carboxylic acids is 1. The molecular formula is C20H30O7. The van der Waals surface area contributed by atoms with Gasteiger partial charge in [-0.1, -0.05) is 20.8 Å². The van der Waals surface area contributed by atoms with E-state index in [0.717, 1.165) is 13.3 Å². The summed E-state index contributed by atoms with van der Waals surface area (Å²) in [4.78, 5) is 12.9. The third-order valence-corrected chi connectivity index (χ3v) is 8.66. The van der Waals surface area contributed by atoms with Crippen LogP contribution < -0.4 is 0 Å². The maximum atomic E-state index is 12.9. The van der Waals surface area contributed by atoms with Gasteiger partial charge in [-0.3, -0.25) is 4.79 Å². The van der Waals surface area contributed by atoms with E-state index >= 15 is 0 Å². The van der Waals surface area contributed by atoms with E-state index in [1.807, 2.05) is 6.92 Å². The second-order valence-electron chi connectivity index (χ2n) is 10.2. The molecule has 6 N–H and O–H groups in total. The molecular weight excluding hydrogens is 352 g/mol. The van der Waals surface area contributed by atoms with E-state index in [-0.39, 0.29) is 28.6 Å². The van der Waals surface area contributed by atoms with E-state index in [4.69, 9.17) is 0 Å². The molecule has 0 heterocycles. The molecule has 4 rings (SSSR count). The van der Waals surface area contributed by atoms with Gasteiger partial charge in [-0.05, 0) is 55.3 Å². The normalized spacial score (nSPS) is 55.5. The van der Waals surface area contributed by atoms with Crippen molar-refractivity contribution in [1.29, 1.82) is 0 Å². The molecule has 0 saturated heterocycles. The summed E-state index contributed by atoms with van der Waals surface area (Å²) in [5, 5.41) is 66.0. The van der Waals surface area contributed by atoms with E-state index in [0.29, 0.717) is 5.92 Å². The maximum absolute atomic E-state index is 12.9. The number of Topliss-reactive ketones (excluding diaryl/α,β-unsaturated/α-hetero) is 1. The van der Waals surface area contributed by atoms with Crippen LogP contribution in [-0.4, -0.2) is 59.5 Å². The average Bonchev–Trinajstić information content (AvgIpc) is 3.06. The van der Waals surface area contributed by atoms with Crippen molar-refractivity contribution < 1.29 is 35.4 Å². The Morgan fingerprint density at radius 2 is 1.59 bits per heavy atom. The van der Waals surface area contributed by atoms with Gasteiger partial charge in [0.15, 0.2) is 11.4 Å². The monoisotopic (exact) mass is 382 g/mol. The van der Waals surface area contributed by atoms with E-state index in [9.17, 15) is 35.4 Å². The Morgan fingerprint density at radius 3 is 2.15 bits per heavy atom. The summed E-state index contributed by atoms with van der Waals surface area (Å²) in [6.45, 7) is 8.44. The fourth-order valence-electron chi connectivity index (χ4n) is 6.91. The zero-order valence-corrected chi connectivity index (χ0v) is 16.3. The van der Waals surface area contributed by atoms with Crippen molar-refractivity contribution in [2.45, 2.75) is 64.1 Å². The average molecular weight is 382 g/mol. The lowest BCUT2D eigenvalue weighted by Crippen LogP contribution is -2.73. The summed E-state index contributed by atoms with van der Waals surface area (Å²) in [6.07, 6.45) is -0.796. The summed E-state index contributed by atoms with van der Waals surface area (Å²) in [5.41, 5.74) is -5.64. The Balaban J connectivity index is 2.00. The molecule has 0 aromatic rings. The van der Waals surface area contributed by atoms with Crippen molar-refractivity contribution in [3.63, 3.8) is 0 Å². The number of aliphatic hydroxyl groups is 6. The molecule has 3 saturated carbocycles. The van der Waals surface area contributed by atoms with Crippen molar-refractivity contribution in [2.24, 2.45) is 40.9 Å². The van der Waals surface area contributed by atoms with E-state index in [1.165, 1.54) is 6.92 Å². The van der Waals surface area contributed by atoms with Crippen LogP contribution >= 0.6 is 0 Å². The number of rotatable bonds is 0. The minimum atomic E-state index is -3.33. The van der Waals surface area contributed by atoms with Crippen molar-refractivity contribution in [1.82, 2.24) is 0 Å². The van der Waals surface area contributed by atoms with Crippen LogP contribution in [0.1, 0.15) is 41.0 Å². The molecule has 0 radical (unpaired) electrons. The molecule has 0 aliphatic heterocycles. The van der Waals surface area contributed by atoms with E-state index in [2.05, 4.69) is 13.8 Å². The largest absolute Gasteiger partial charge is 0.511 e. The minimum absolute atomic E-state index is 0.0119. The summed E-state index contributed by atoms with van der Waals surface area (Å²) in [7, 11) is 0. The molecule has 7 heteroatoms. The van der Waals surface area contributed by atoms with Crippen LogP contribution in [-0.2, 0) is 4.79 Å². The van der Waals surface area contributed by atoms with Gasteiger partial charge in [0.2, 0.25) is 5.79 Å². The zero-order chi connectivity index (χ0) is 20.5. The predicted molar refractivity (Wildman–Crippen MR) is 94.1 cm³/mol. The minimum Gasteiger partial charge on any atom is -0.511 e. The first-order chi connectivity index (χ1) is 12.1.